The van der Waals surface area contributed by atoms with Crippen LogP contribution in [0.15, 0.2) is 54.6 Å². The summed E-state index contributed by atoms with van der Waals surface area (Å²) in [6, 6.07) is 16.0. The van der Waals surface area contributed by atoms with Gasteiger partial charge >= 0.3 is 0 Å². The highest BCUT2D eigenvalue weighted by Gasteiger charge is 2.15. The monoisotopic (exact) mass is 312 g/mol. The topological polar surface area (TPSA) is 66.0 Å². The maximum atomic E-state index is 14.0. The Hall–Kier alpha value is -2.73. The van der Waals surface area contributed by atoms with Crippen molar-refractivity contribution in [2.24, 2.45) is 5.73 Å². The second kappa shape index (κ2) is 7.02. The maximum absolute atomic E-state index is 14.0. The van der Waals surface area contributed by atoms with Crippen molar-refractivity contribution in [1.82, 2.24) is 15.0 Å². The molecule has 3 rings (SSSR count). The summed E-state index contributed by atoms with van der Waals surface area (Å²) in [6.45, 7) is 0.675. The minimum Gasteiger partial charge on any atom is -0.493 e. The van der Waals surface area contributed by atoms with Gasteiger partial charge in [-0.25, -0.2) is 9.07 Å². The van der Waals surface area contributed by atoms with Gasteiger partial charge in [-0.2, -0.15) is 0 Å². The van der Waals surface area contributed by atoms with Gasteiger partial charge in [0.05, 0.1) is 12.3 Å². The molecular formula is C17H17FN4O. The van der Waals surface area contributed by atoms with Crippen LogP contribution in [0.5, 0.6) is 5.75 Å². The van der Waals surface area contributed by atoms with Crippen molar-refractivity contribution < 1.29 is 9.13 Å². The van der Waals surface area contributed by atoms with Gasteiger partial charge in [-0.3, -0.25) is 0 Å². The minimum atomic E-state index is -0.355. The van der Waals surface area contributed by atoms with Gasteiger partial charge in [0.2, 0.25) is 0 Å². The number of nitrogens with two attached hydrogens (primary N) is 1. The third kappa shape index (κ3) is 3.37. The summed E-state index contributed by atoms with van der Waals surface area (Å²) in [6.07, 6.45) is 0.531. The van der Waals surface area contributed by atoms with Crippen LogP contribution in [0.2, 0.25) is 0 Å². The first-order valence-corrected chi connectivity index (χ1v) is 7.36. The number of aromatic nitrogens is 3. The average molecular weight is 312 g/mol. The molecule has 0 amide bonds. The van der Waals surface area contributed by atoms with E-state index in [1.54, 1.807) is 18.2 Å². The maximum Gasteiger partial charge on any atom is 0.148 e. The lowest BCUT2D eigenvalue weighted by molar-refractivity contribution is 0.319. The summed E-state index contributed by atoms with van der Waals surface area (Å²) in [5.74, 6) is 0.429. The number of ether oxygens (including phenoxy) is 1. The lowest BCUT2D eigenvalue weighted by Crippen LogP contribution is -2.11. The first-order chi connectivity index (χ1) is 11.3. The predicted octanol–water partition coefficient (Wildman–Crippen LogP) is 2.49. The Morgan fingerprint density at radius 2 is 1.78 bits per heavy atom. The molecule has 2 N–H and O–H groups in total. The lowest BCUT2D eigenvalue weighted by Gasteiger charge is -2.10. The van der Waals surface area contributed by atoms with Crippen LogP contribution in [0.4, 0.5) is 4.39 Å². The molecule has 0 fully saturated rings. The Morgan fingerprint density at radius 3 is 2.52 bits per heavy atom. The molecule has 1 aromatic heterocycles. The van der Waals surface area contributed by atoms with Gasteiger partial charge in [-0.15, -0.1) is 5.10 Å². The van der Waals surface area contributed by atoms with Crippen LogP contribution >= 0.6 is 0 Å². The number of para-hydroxylation sites is 2. The van der Waals surface area contributed by atoms with Crippen LogP contribution in [0.1, 0.15) is 11.4 Å². The van der Waals surface area contributed by atoms with E-state index in [1.807, 2.05) is 30.3 Å². The van der Waals surface area contributed by atoms with E-state index in [4.69, 9.17) is 10.5 Å². The largest absolute Gasteiger partial charge is 0.493 e. The van der Waals surface area contributed by atoms with Crippen LogP contribution < -0.4 is 10.5 Å². The van der Waals surface area contributed by atoms with Crippen molar-refractivity contribution in [2.75, 3.05) is 6.61 Å². The summed E-state index contributed by atoms with van der Waals surface area (Å²) in [5, 5.41) is 8.08. The molecule has 3 aromatic rings. The Kier molecular flexibility index (Phi) is 4.63. The third-order valence-electron chi connectivity index (χ3n) is 3.47. The zero-order valence-corrected chi connectivity index (χ0v) is 12.5. The molecular weight excluding hydrogens is 295 g/mol. The highest BCUT2D eigenvalue weighted by atomic mass is 19.1. The molecule has 0 atom stereocenters. The molecule has 0 bridgehead atoms. The van der Waals surface area contributed by atoms with Crippen molar-refractivity contribution in [2.45, 2.75) is 13.0 Å². The molecule has 2 aromatic carbocycles. The van der Waals surface area contributed by atoms with Crippen LogP contribution in [-0.4, -0.2) is 21.6 Å². The molecule has 6 heteroatoms. The summed E-state index contributed by atoms with van der Waals surface area (Å²) < 4.78 is 21.2. The fourth-order valence-electron chi connectivity index (χ4n) is 2.34. The smallest absolute Gasteiger partial charge is 0.148 e. The molecule has 118 valence electrons. The number of nitrogens with zero attached hydrogens (tertiary/aromatic N) is 3. The fraction of sp³-hybridized carbons (Fsp3) is 0.176. The highest BCUT2D eigenvalue weighted by Crippen LogP contribution is 2.17. The van der Waals surface area contributed by atoms with Crippen LogP contribution in [-0.2, 0) is 13.0 Å². The molecule has 0 radical (unpaired) electrons. The van der Waals surface area contributed by atoms with Gasteiger partial charge in [0.25, 0.3) is 0 Å². The van der Waals surface area contributed by atoms with Crippen molar-refractivity contribution in [3.05, 3.63) is 71.8 Å². The Labute approximate surface area is 133 Å². The van der Waals surface area contributed by atoms with Gasteiger partial charge in [-0.1, -0.05) is 35.5 Å². The summed E-state index contributed by atoms with van der Waals surface area (Å²) >= 11 is 0. The van der Waals surface area contributed by atoms with E-state index in [0.29, 0.717) is 24.4 Å². The molecule has 0 aliphatic heterocycles. The second-order valence-corrected chi connectivity index (χ2v) is 4.96. The first-order valence-electron chi connectivity index (χ1n) is 7.36. The molecule has 0 saturated carbocycles. The normalized spacial score (nSPS) is 10.7. The van der Waals surface area contributed by atoms with E-state index in [2.05, 4.69) is 10.3 Å². The number of hydrogen-bond acceptors (Lipinski definition) is 4. The van der Waals surface area contributed by atoms with Crippen molar-refractivity contribution in [3.63, 3.8) is 0 Å². The molecule has 0 aliphatic carbocycles. The molecule has 23 heavy (non-hydrogen) atoms. The quantitative estimate of drug-likeness (QED) is 0.759. The van der Waals surface area contributed by atoms with E-state index in [1.165, 1.54) is 10.7 Å². The third-order valence-corrected chi connectivity index (χ3v) is 3.47. The fourth-order valence-corrected chi connectivity index (χ4v) is 2.34. The molecule has 0 saturated heterocycles. The van der Waals surface area contributed by atoms with Gasteiger partial charge in [0.1, 0.15) is 22.9 Å². The van der Waals surface area contributed by atoms with Gasteiger partial charge in [-0.05, 0) is 24.3 Å². The summed E-state index contributed by atoms with van der Waals surface area (Å²) in [4.78, 5) is 0. The zero-order valence-electron chi connectivity index (χ0n) is 12.5. The minimum absolute atomic E-state index is 0.245. The number of halogens is 1. The van der Waals surface area contributed by atoms with E-state index in [0.717, 1.165) is 11.4 Å². The zero-order chi connectivity index (χ0) is 16.1. The molecule has 0 unspecified atom stereocenters. The van der Waals surface area contributed by atoms with E-state index >= 15 is 0 Å². The van der Waals surface area contributed by atoms with Crippen LogP contribution in [0.3, 0.4) is 0 Å². The standard InChI is InChI=1S/C17H17FN4O/c18-14-8-4-5-9-16(14)22-17(15(12-19)20-21-22)10-11-23-13-6-2-1-3-7-13/h1-9H,10-12,19H2. The van der Waals surface area contributed by atoms with Gasteiger partial charge in [0.15, 0.2) is 0 Å². The van der Waals surface area contributed by atoms with Crippen LogP contribution in [0.25, 0.3) is 5.69 Å². The Morgan fingerprint density at radius 1 is 1.04 bits per heavy atom. The Bertz CT molecular complexity index is 773. The van der Waals surface area contributed by atoms with Gasteiger partial charge < -0.3 is 10.5 Å². The first kappa shape index (κ1) is 15.2. The predicted molar refractivity (Wildman–Crippen MR) is 84.8 cm³/mol. The molecule has 1 heterocycles. The molecule has 0 spiro atoms. The highest BCUT2D eigenvalue weighted by molar-refractivity contribution is 5.35. The van der Waals surface area contributed by atoms with Crippen molar-refractivity contribution in [3.8, 4) is 11.4 Å². The lowest BCUT2D eigenvalue weighted by atomic mass is 10.2. The number of benzene rings is 2. The second-order valence-electron chi connectivity index (χ2n) is 4.96. The van der Waals surface area contributed by atoms with Crippen molar-refractivity contribution in [1.29, 1.82) is 0 Å². The van der Waals surface area contributed by atoms with E-state index in [9.17, 15) is 4.39 Å². The number of hydrogen-bond donors (Lipinski definition) is 1. The SMILES string of the molecule is NCc1nnn(-c2ccccc2F)c1CCOc1ccccc1. The Balaban J connectivity index is 1.81. The summed E-state index contributed by atoms with van der Waals surface area (Å²) in [5.41, 5.74) is 7.47. The summed E-state index contributed by atoms with van der Waals surface area (Å²) in [7, 11) is 0. The molecule has 5 nitrogen and oxygen atoms in total. The van der Waals surface area contributed by atoms with E-state index < -0.39 is 0 Å². The van der Waals surface area contributed by atoms with Gasteiger partial charge in [0, 0.05) is 13.0 Å². The number of rotatable bonds is 6. The van der Waals surface area contributed by atoms with Crippen molar-refractivity contribution >= 4 is 0 Å². The molecule has 0 aliphatic rings. The van der Waals surface area contributed by atoms with E-state index in [-0.39, 0.29) is 12.4 Å². The average Bonchev–Trinajstić information content (AvgIpc) is 2.99. The van der Waals surface area contributed by atoms with Crippen LogP contribution in [0, 0.1) is 5.82 Å².